The lowest BCUT2D eigenvalue weighted by Crippen LogP contribution is -2.48. The van der Waals surface area contributed by atoms with Gasteiger partial charge in [0.05, 0.1) is 24.3 Å². The zero-order chi connectivity index (χ0) is 23.3. The van der Waals surface area contributed by atoms with Crippen molar-refractivity contribution in [3.05, 3.63) is 52.7 Å². The van der Waals surface area contributed by atoms with E-state index in [9.17, 15) is 18.0 Å². The lowest BCUT2D eigenvalue weighted by atomic mass is 10.2. The number of halogens is 4. The predicted molar refractivity (Wildman–Crippen MR) is 116 cm³/mol. The molecule has 0 bridgehead atoms. The van der Waals surface area contributed by atoms with Crippen molar-refractivity contribution in [2.24, 2.45) is 0 Å². The van der Waals surface area contributed by atoms with E-state index < -0.39 is 11.7 Å². The van der Waals surface area contributed by atoms with Crippen LogP contribution in [0.4, 0.5) is 19.0 Å². The van der Waals surface area contributed by atoms with Crippen LogP contribution in [0.2, 0.25) is 5.02 Å². The number of benzene rings is 1. The van der Waals surface area contributed by atoms with E-state index in [-0.39, 0.29) is 16.7 Å². The third kappa shape index (κ3) is 5.64. The van der Waals surface area contributed by atoms with Gasteiger partial charge in [0.2, 0.25) is 5.91 Å². The molecule has 0 N–H and O–H groups in total. The van der Waals surface area contributed by atoms with Crippen LogP contribution in [0.15, 0.2) is 36.5 Å². The van der Waals surface area contributed by atoms with Gasteiger partial charge in [-0.2, -0.15) is 13.2 Å². The number of nitrogens with zero attached hydrogens (tertiary/aromatic N) is 3. The number of aromatic nitrogens is 1. The van der Waals surface area contributed by atoms with Gasteiger partial charge in [0.25, 0.3) is 0 Å². The Bertz CT molecular complexity index is 990. The van der Waals surface area contributed by atoms with E-state index in [4.69, 9.17) is 21.1 Å². The van der Waals surface area contributed by atoms with Crippen molar-refractivity contribution in [1.29, 1.82) is 0 Å². The van der Waals surface area contributed by atoms with E-state index in [1.165, 1.54) is 6.08 Å². The third-order valence-electron chi connectivity index (χ3n) is 4.95. The van der Waals surface area contributed by atoms with Crippen molar-refractivity contribution in [2.45, 2.75) is 13.1 Å². The molecule has 0 saturated carbocycles. The van der Waals surface area contributed by atoms with E-state index in [1.54, 1.807) is 35.1 Å². The number of pyridine rings is 1. The van der Waals surface area contributed by atoms with E-state index >= 15 is 0 Å². The first-order chi connectivity index (χ1) is 15.2. The van der Waals surface area contributed by atoms with Crippen LogP contribution < -0.4 is 14.4 Å². The van der Waals surface area contributed by atoms with Crippen molar-refractivity contribution in [1.82, 2.24) is 9.88 Å². The molecular weight excluding hydrogens is 447 g/mol. The van der Waals surface area contributed by atoms with E-state index in [1.807, 2.05) is 13.0 Å². The Morgan fingerprint density at radius 2 is 1.91 bits per heavy atom. The zero-order valence-corrected chi connectivity index (χ0v) is 18.4. The number of ether oxygens (including phenoxy) is 2. The molecule has 0 aliphatic carbocycles. The quantitative estimate of drug-likeness (QED) is 0.582. The number of carbonyl (C=O) groups excluding carboxylic acids is 1. The van der Waals surface area contributed by atoms with E-state index in [0.717, 1.165) is 17.8 Å². The van der Waals surface area contributed by atoms with Crippen LogP contribution in [0.3, 0.4) is 0 Å². The highest BCUT2D eigenvalue weighted by molar-refractivity contribution is 6.33. The fourth-order valence-corrected chi connectivity index (χ4v) is 3.58. The van der Waals surface area contributed by atoms with Crippen molar-refractivity contribution < 1.29 is 27.4 Å². The first-order valence-corrected chi connectivity index (χ1v) is 10.4. The lowest BCUT2D eigenvalue weighted by Gasteiger charge is -2.35. The molecule has 1 aromatic carbocycles. The number of amides is 1. The molecule has 1 saturated heterocycles. The fraction of sp³-hybridized carbons (Fsp3) is 0.364. The van der Waals surface area contributed by atoms with Gasteiger partial charge in [-0.1, -0.05) is 17.7 Å². The molecular formula is C22H23ClF3N3O3. The Morgan fingerprint density at radius 1 is 1.19 bits per heavy atom. The summed E-state index contributed by atoms with van der Waals surface area (Å²) < 4.78 is 49.2. The smallest absolute Gasteiger partial charge is 0.417 e. The molecule has 172 valence electrons. The van der Waals surface area contributed by atoms with Gasteiger partial charge in [0, 0.05) is 38.5 Å². The van der Waals surface area contributed by atoms with Gasteiger partial charge in [0.1, 0.15) is 5.82 Å². The van der Waals surface area contributed by atoms with Gasteiger partial charge < -0.3 is 19.3 Å². The average molecular weight is 470 g/mol. The minimum Gasteiger partial charge on any atom is -0.493 e. The summed E-state index contributed by atoms with van der Waals surface area (Å²) in [6.07, 6.45) is -0.554. The Hall–Kier alpha value is -2.94. The molecule has 1 fully saturated rings. The van der Waals surface area contributed by atoms with Crippen molar-refractivity contribution in [2.75, 3.05) is 44.8 Å². The second kappa shape index (κ2) is 10.1. The summed E-state index contributed by atoms with van der Waals surface area (Å²) in [4.78, 5) is 19.9. The highest BCUT2D eigenvalue weighted by Crippen LogP contribution is 2.34. The zero-order valence-electron chi connectivity index (χ0n) is 17.7. The molecule has 1 aliphatic heterocycles. The number of carbonyl (C=O) groups is 1. The fourth-order valence-electron chi connectivity index (χ4n) is 3.29. The summed E-state index contributed by atoms with van der Waals surface area (Å²) in [5, 5.41) is -0.0658. The van der Waals surface area contributed by atoms with Gasteiger partial charge in [-0.25, -0.2) is 4.98 Å². The van der Waals surface area contributed by atoms with Crippen molar-refractivity contribution in [3.63, 3.8) is 0 Å². The number of methoxy groups -OCH3 is 1. The second-order valence-electron chi connectivity index (χ2n) is 7.02. The molecule has 3 rings (SSSR count). The number of rotatable bonds is 6. The van der Waals surface area contributed by atoms with Gasteiger partial charge in [0.15, 0.2) is 11.5 Å². The summed E-state index contributed by atoms with van der Waals surface area (Å²) in [6.45, 7) is 4.02. The summed E-state index contributed by atoms with van der Waals surface area (Å²) in [5.74, 6) is 1.33. The SMILES string of the molecule is CCOc1ccc(/C=C/C(=O)N2CCN(c3ncc(C(F)(F)F)cc3Cl)CC2)cc1OC. The number of alkyl halides is 3. The van der Waals surface area contributed by atoms with Gasteiger partial charge >= 0.3 is 6.18 Å². The third-order valence-corrected chi connectivity index (χ3v) is 5.22. The highest BCUT2D eigenvalue weighted by atomic mass is 35.5. The molecule has 1 amide bonds. The summed E-state index contributed by atoms with van der Waals surface area (Å²) in [5.41, 5.74) is -0.103. The van der Waals surface area contributed by atoms with Crippen LogP contribution in [0.25, 0.3) is 6.08 Å². The normalized spacial score (nSPS) is 14.7. The molecule has 10 heteroatoms. The van der Waals surface area contributed by atoms with Gasteiger partial charge in [-0.3, -0.25) is 4.79 Å². The molecule has 2 heterocycles. The maximum atomic E-state index is 12.8. The minimum absolute atomic E-state index is 0.0658. The molecule has 6 nitrogen and oxygen atoms in total. The van der Waals surface area contributed by atoms with Crippen LogP contribution in [-0.2, 0) is 11.0 Å². The Morgan fingerprint density at radius 3 is 2.50 bits per heavy atom. The largest absolute Gasteiger partial charge is 0.493 e. The topological polar surface area (TPSA) is 54.9 Å². The molecule has 0 spiro atoms. The van der Waals surface area contributed by atoms with Crippen LogP contribution in [-0.4, -0.2) is 55.7 Å². The van der Waals surface area contributed by atoms with Crippen molar-refractivity contribution >= 4 is 29.4 Å². The first kappa shape index (κ1) is 23.7. The summed E-state index contributed by atoms with van der Waals surface area (Å²) in [6, 6.07) is 6.26. The minimum atomic E-state index is -4.50. The average Bonchev–Trinajstić information content (AvgIpc) is 2.77. The van der Waals surface area contributed by atoms with Crippen LogP contribution in [0, 0.1) is 0 Å². The van der Waals surface area contributed by atoms with E-state index in [0.29, 0.717) is 44.3 Å². The molecule has 0 unspecified atom stereocenters. The molecule has 2 aromatic rings. The monoisotopic (exact) mass is 469 g/mol. The molecule has 32 heavy (non-hydrogen) atoms. The maximum absolute atomic E-state index is 12.8. The highest BCUT2D eigenvalue weighted by Gasteiger charge is 2.32. The summed E-state index contributed by atoms with van der Waals surface area (Å²) in [7, 11) is 1.55. The van der Waals surface area contributed by atoms with Gasteiger partial charge in [-0.15, -0.1) is 0 Å². The Kier molecular flexibility index (Phi) is 7.50. The Labute approximate surface area is 189 Å². The molecule has 1 aromatic heterocycles. The standard InChI is InChI=1S/C22H23ClF3N3O3/c1-3-32-18-6-4-15(12-19(18)31-2)5-7-20(30)28-8-10-29(11-9-28)21-17(23)13-16(14-27-21)22(24,25)26/h4-7,12-14H,3,8-11H2,1-2H3/b7-5+. The second-order valence-corrected chi connectivity index (χ2v) is 7.42. The Balaban J connectivity index is 1.60. The van der Waals surface area contributed by atoms with Crippen LogP contribution in [0.5, 0.6) is 11.5 Å². The first-order valence-electron chi connectivity index (χ1n) is 9.98. The van der Waals surface area contributed by atoms with Crippen molar-refractivity contribution in [3.8, 4) is 11.5 Å². The summed E-state index contributed by atoms with van der Waals surface area (Å²) >= 11 is 6.03. The van der Waals surface area contributed by atoms with Crippen LogP contribution >= 0.6 is 11.6 Å². The molecule has 0 atom stereocenters. The maximum Gasteiger partial charge on any atom is 0.417 e. The number of hydrogen-bond acceptors (Lipinski definition) is 5. The number of anilines is 1. The number of piperazine rings is 1. The lowest BCUT2D eigenvalue weighted by molar-refractivity contribution is -0.137. The van der Waals surface area contributed by atoms with Crippen LogP contribution in [0.1, 0.15) is 18.1 Å². The predicted octanol–water partition coefficient (Wildman–Crippen LogP) is 4.52. The van der Waals surface area contributed by atoms with E-state index in [2.05, 4.69) is 4.98 Å². The molecule has 1 aliphatic rings. The van der Waals surface area contributed by atoms with Gasteiger partial charge in [-0.05, 0) is 36.8 Å². The molecule has 0 radical (unpaired) electrons. The number of hydrogen-bond donors (Lipinski definition) is 0.